The Labute approximate surface area is 205 Å². The topological polar surface area (TPSA) is 106 Å². The minimum absolute atomic E-state index is 0.300. The third-order valence-electron chi connectivity index (χ3n) is 4.72. The number of nitrogens with one attached hydrogen (secondary N) is 2. The molecule has 4 heterocycles. The molecule has 11 heteroatoms. The fourth-order valence-corrected chi connectivity index (χ4v) is 4.49. The highest BCUT2D eigenvalue weighted by atomic mass is 32.1. The summed E-state index contributed by atoms with van der Waals surface area (Å²) in [5.74, 6) is 2.14. The Balaban J connectivity index is 1.16. The number of ether oxygens (including phenoxy) is 2. The highest BCUT2D eigenvalue weighted by molar-refractivity contribution is 7.14. The van der Waals surface area contributed by atoms with Crippen LogP contribution in [0.3, 0.4) is 0 Å². The first-order chi connectivity index (χ1) is 16.7. The number of nitrogens with zero attached hydrogens (tertiary/aromatic N) is 5. The van der Waals surface area contributed by atoms with E-state index >= 15 is 0 Å². The van der Waals surface area contributed by atoms with Crippen molar-refractivity contribution in [3.63, 3.8) is 0 Å². The van der Waals surface area contributed by atoms with Crippen LogP contribution in [-0.4, -0.2) is 39.0 Å². The Morgan fingerprint density at radius 2 is 2.00 bits per heavy atom. The molecule has 1 aliphatic rings. The van der Waals surface area contributed by atoms with E-state index < -0.39 is 0 Å². The van der Waals surface area contributed by atoms with Crippen molar-refractivity contribution in [2.24, 2.45) is 4.99 Å². The van der Waals surface area contributed by atoms with E-state index in [0.717, 1.165) is 53.3 Å². The first-order valence-corrected chi connectivity index (χ1v) is 12.4. The van der Waals surface area contributed by atoms with Gasteiger partial charge in [-0.2, -0.15) is 4.98 Å². The molecule has 0 fully saturated rings. The fraction of sp³-hybridized carbons (Fsp3) is 0.261. The summed E-state index contributed by atoms with van der Waals surface area (Å²) in [5, 5.41) is 11.7. The van der Waals surface area contributed by atoms with Gasteiger partial charge in [-0.1, -0.05) is 23.5 Å². The molecule has 1 aromatic carbocycles. The summed E-state index contributed by atoms with van der Waals surface area (Å²) >= 11 is 2.96. The zero-order valence-corrected chi connectivity index (χ0v) is 20.0. The lowest BCUT2D eigenvalue weighted by molar-refractivity contribution is 0.292. The van der Waals surface area contributed by atoms with Crippen LogP contribution in [0, 0.1) is 19.2 Å². The second kappa shape index (κ2) is 10.5. The Kier molecular flexibility index (Phi) is 6.78. The standard InChI is InChI=1S/C23H21N7O2S2/c1-15-24-9-6-17(27-15)12-31-18-5-2-4-16(10-18)11-32-23-29-20(14-34-23)19-13-33-22(28-19)30-21-25-7-3-8-26-21/h2,4-5,10,13-14H,3,7-8,11-12H2,1H3,(H2,25,26,28,30). The van der Waals surface area contributed by atoms with E-state index in [1.807, 2.05) is 41.9 Å². The number of benzene rings is 1. The normalized spacial score (nSPS) is 12.9. The molecule has 0 bridgehead atoms. The average molecular weight is 492 g/mol. The summed E-state index contributed by atoms with van der Waals surface area (Å²) in [5.41, 5.74) is 3.23. The van der Waals surface area contributed by atoms with E-state index in [1.165, 1.54) is 22.7 Å². The minimum atomic E-state index is 0.300. The Hall–Kier alpha value is -3.75. The van der Waals surface area contributed by atoms with Crippen molar-refractivity contribution in [2.75, 3.05) is 18.4 Å². The molecule has 0 amide bonds. The average Bonchev–Trinajstić information content (AvgIpc) is 3.52. The van der Waals surface area contributed by atoms with Gasteiger partial charge in [-0.25, -0.2) is 15.0 Å². The van der Waals surface area contributed by atoms with Gasteiger partial charge in [-0.15, -0.1) is 11.3 Å². The molecule has 172 valence electrons. The summed E-state index contributed by atoms with van der Waals surface area (Å²) < 4.78 is 11.7. The lowest BCUT2D eigenvalue weighted by Gasteiger charge is -2.13. The maximum Gasteiger partial charge on any atom is 0.274 e. The fourth-order valence-electron chi connectivity index (χ4n) is 3.12. The number of aromatic nitrogens is 4. The van der Waals surface area contributed by atoms with Gasteiger partial charge in [0.15, 0.2) is 11.1 Å². The first kappa shape index (κ1) is 22.1. The Morgan fingerprint density at radius 3 is 2.88 bits per heavy atom. The van der Waals surface area contributed by atoms with Crippen molar-refractivity contribution < 1.29 is 9.47 Å². The summed E-state index contributed by atoms with van der Waals surface area (Å²) in [6, 6.07) is 10.6. The molecule has 0 spiro atoms. The summed E-state index contributed by atoms with van der Waals surface area (Å²) in [6.45, 7) is 4.24. The van der Waals surface area contributed by atoms with E-state index in [4.69, 9.17) is 9.47 Å². The number of hydrogen-bond acceptors (Lipinski definition) is 11. The van der Waals surface area contributed by atoms with Crippen molar-refractivity contribution >= 4 is 33.8 Å². The van der Waals surface area contributed by atoms with Crippen molar-refractivity contribution in [3.8, 4) is 22.3 Å². The smallest absolute Gasteiger partial charge is 0.274 e. The number of aliphatic imine (C=N–C) groups is 1. The molecule has 2 N–H and O–H groups in total. The minimum Gasteiger partial charge on any atom is -0.487 e. The molecule has 9 nitrogen and oxygen atoms in total. The quantitative estimate of drug-likeness (QED) is 0.382. The number of rotatable bonds is 8. The van der Waals surface area contributed by atoms with Gasteiger partial charge in [-0.05, 0) is 37.1 Å². The van der Waals surface area contributed by atoms with Crippen LogP contribution in [0.5, 0.6) is 10.9 Å². The van der Waals surface area contributed by atoms with Crippen LogP contribution >= 0.6 is 22.7 Å². The molecule has 4 aromatic rings. The number of aryl methyl sites for hydroxylation is 1. The monoisotopic (exact) mass is 491 g/mol. The second-order valence-electron chi connectivity index (χ2n) is 7.35. The number of guanidine groups is 1. The zero-order chi connectivity index (χ0) is 23.2. The van der Waals surface area contributed by atoms with Crippen LogP contribution in [0.1, 0.15) is 23.5 Å². The summed E-state index contributed by atoms with van der Waals surface area (Å²) in [6.07, 6.45) is 3.74. The summed E-state index contributed by atoms with van der Waals surface area (Å²) in [4.78, 5) is 21.8. The molecule has 0 aliphatic carbocycles. The van der Waals surface area contributed by atoms with Gasteiger partial charge in [-0.3, -0.25) is 4.99 Å². The van der Waals surface area contributed by atoms with Gasteiger partial charge >= 0.3 is 0 Å². The molecule has 0 unspecified atom stereocenters. The Bertz CT molecular complexity index is 1290. The number of thiazole rings is 2. The Morgan fingerprint density at radius 1 is 1.09 bits per heavy atom. The highest BCUT2D eigenvalue weighted by Crippen LogP contribution is 2.29. The van der Waals surface area contributed by atoms with E-state index in [1.54, 1.807) is 0 Å². The van der Waals surface area contributed by atoms with Crippen LogP contribution in [0.15, 0.2) is 40.0 Å². The largest absolute Gasteiger partial charge is 0.487 e. The third-order valence-corrected chi connectivity index (χ3v) is 6.23. The number of anilines is 1. The van der Waals surface area contributed by atoms with Gasteiger partial charge in [0, 0.05) is 30.0 Å². The summed E-state index contributed by atoms with van der Waals surface area (Å²) in [7, 11) is 0. The van der Waals surface area contributed by atoms with Crippen molar-refractivity contribution in [2.45, 2.75) is 26.6 Å². The maximum atomic E-state index is 5.91. The van der Waals surface area contributed by atoms with Crippen molar-refractivity contribution in [1.82, 2.24) is 25.3 Å². The molecule has 34 heavy (non-hydrogen) atoms. The second-order valence-corrected chi connectivity index (χ2v) is 9.03. The molecule has 5 rings (SSSR count). The van der Waals surface area contributed by atoms with Gasteiger partial charge in [0.05, 0.1) is 0 Å². The van der Waals surface area contributed by atoms with Gasteiger partial charge in [0.25, 0.3) is 5.19 Å². The zero-order valence-electron chi connectivity index (χ0n) is 18.4. The molecule has 0 saturated heterocycles. The lowest BCUT2D eigenvalue weighted by atomic mass is 10.2. The van der Waals surface area contributed by atoms with E-state index in [2.05, 4.69) is 47.8 Å². The van der Waals surface area contributed by atoms with Crippen LogP contribution in [0.4, 0.5) is 5.13 Å². The molecular formula is C23H21N7O2S2. The van der Waals surface area contributed by atoms with E-state index in [9.17, 15) is 0 Å². The van der Waals surface area contributed by atoms with Crippen LogP contribution < -0.4 is 20.1 Å². The lowest BCUT2D eigenvalue weighted by Crippen LogP contribution is -2.35. The molecule has 0 atom stereocenters. The van der Waals surface area contributed by atoms with Gasteiger partial charge in [0.1, 0.15) is 41.9 Å². The maximum absolute atomic E-state index is 5.91. The SMILES string of the molecule is Cc1nc#cc(COc2cccc(COc3nc(-c4csc(NC5=NCCCN5)n4)cs3)c2)n1. The predicted octanol–water partition coefficient (Wildman–Crippen LogP) is 3.88. The van der Waals surface area contributed by atoms with Crippen molar-refractivity contribution in [3.05, 3.63) is 64.4 Å². The van der Waals surface area contributed by atoms with Gasteiger partial charge in [0.2, 0.25) is 0 Å². The highest BCUT2D eigenvalue weighted by Gasteiger charge is 2.12. The number of hydrogen-bond donors (Lipinski definition) is 2. The molecular weight excluding hydrogens is 470 g/mol. The van der Waals surface area contributed by atoms with Crippen LogP contribution in [0.2, 0.25) is 0 Å². The van der Waals surface area contributed by atoms with Gasteiger partial charge < -0.3 is 20.1 Å². The van der Waals surface area contributed by atoms with Crippen LogP contribution in [-0.2, 0) is 13.2 Å². The van der Waals surface area contributed by atoms with Crippen molar-refractivity contribution in [1.29, 1.82) is 0 Å². The molecule has 1 aliphatic heterocycles. The molecule has 0 saturated carbocycles. The molecule has 3 aromatic heterocycles. The van der Waals surface area contributed by atoms with E-state index in [-0.39, 0.29) is 0 Å². The van der Waals surface area contributed by atoms with E-state index in [0.29, 0.717) is 29.9 Å². The first-order valence-electron chi connectivity index (χ1n) is 10.7. The predicted molar refractivity (Wildman–Crippen MR) is 131 cm³/mol. The van der Waals surface area contributed by atoms with Crippen LogP contribution in [0.25, 0.3) is 11.4 Å². The molecule has 0 radical (unpaired) electrons. The third kappa shape index (κ3) is 5.78.